The number of ketones is 1. The second kappa shape index (κ2) is 9.13. The molecule has 0 N–H and O–H groups in total. The summed E-state index contributed by atoms with van der Waals surface area (Å²) in [4.78, 5) is 25.2. The van der Waals surface area contributed by atoms with E-state index < -0.39 is 12.1 Å². The summed E-state index contributed by atoms with van der Waals surface area (Å²) in [6, 6.07) is 14.1. The molecule has 0 radical (unpaired) electrons. The zero-order valence-corrected chi connectivity index (χ0v) is 15.2. The summed E-state index contributed by atoms with van der Waals surface area (Å²) in [5.74, 6) is 0.871. The quantitative estimate of drug-likeness (QED) is 0.407. The minimum atomic E-state index is -0.836. The van der Waals surface area contributed by atoms with Crippen LogP contribution in [0.15, 0.2) is 53.4 Å². The Morgan fingerprint density at radius 1 is 0.920 bits per heavy atom. The van der Waals surface area contributed by atoms with Gasteiger partial charge in [-0.1, -0.05) is 0 Å². The van der Waals surface area contributed by atoms with Crippen LogP contribution in [0.2, 0.25) is 0 Å². The Labute approximate surface area is 151 Å². The van der Waals surface area contributed by atoms with Crippen LogP contribution in [-0.2, 0) is 9.53 Å². The minimum absolute atomic E-state index is 0.132. The van der Waals surface area contributed by atoms with Gasteiger partial charge in [0.05, 0.1) is 20.0 Å². The van der Waals surface area contributed by atoms with E-state index in [4.69, 9.17) is 14.2 Å². The number of methoxy groups -OCH3 is 2. The van der Waals surface area contributed by atoms with Gasteiger partial charge in [-0.15, -0.1) is 11.8 Å². The third-order valence-corrected chi connectivity index (χ3v) is 4.45. The molecular formula is C19H20O5S. The van der Waals surface area contributed by atoms with Gasteiger partial charge in [0.25, 0.3) is 0 Å². The van der Waals surface area contributed by atoms with Crippen LogP contribution in [0.1, 0.15) is 17.3 Å². The van der Waals surface area contributed by atoms with E-state index in [1.54, 1.807) is 45.4 Å². The van der Waals surface area contributed by atoms with Gasteiger partial charge in [-0.3, -0.25) is 9.59 Å². The van der Waals surface area contributed by atoms with Crippen LogP contribution < -0.4 is 9.47 Å². The summed E-state index contributed by atoms with van der Waals surface area (Å²) in [5.41, 5.74) is 0.476. The number of rotatable bonds is 8. The summed E-state index contributed by atoms with van der Waals surface area (Å²) < 4.78 is 15.4. The van der Waals surface area contributed by atoms with E-state index in [0.717, 1.165) is 10.6 Å². The third kappa shape index (κ3) is 5.53. The zero-order chi connectivity index (χ0) is 18.2. The number of carbonyl (C=O) groups excluding carboxylic acids is 2. The molecule has 2 aromatic carbocycles. The Morgan fingerprint density at radius 2 is 1.44 bits per heavy atom. The van der Waals surface area contributed by atoms with E-state index in [9.17, 15) is 9.59 Å². The first-order valence-corrected chi connectivity index (χ1v) is 8.66. The molecule has 6 heteroatoms. The Morgan fingerprint density at radius 3 is 1.96 bits per heavy atom. The first kappa shape index (κ1) is 18.9. The monoisotopic (exact) mass is 360 g/mol. The smallest absolute Gasteiger partial charge is 0.316 e. The van der Waals surface area contributed by atoms with Crippen LogP contribution in [-0.4, -0.2) is 37.8 Å². The van der Waals surface area contributed by atoms with Crippen molar-refractivity contribution in [3.8, 4) is 11.5 Å². The fraction of sp³-hybridized carbons (Fsp3) is 0.263. The fourth-order valence-electron chi connectivity index (χ4n) is 2.09. The van der Waals surface area contributed by atoms with Crippen LogP contribution >= 0.6 is 11.8 Å². The van der Waals surface area contributed by atoms with Gasteiger partial charge in [-0.25, -0.2) is 0 Å². The molecular weight excluding hydrogens is 340 g/mol. The summed E-state index contributed by atoms with van der Waals surface area (Å²) in [6.45, 7) is 1.57. The maximum absolute atomic E-state index is 12.3. The first-order chi connectivity index (χ1) is 12.0. The number of benzene rings is 2. The van der Waals surface area contributed by atoms with Gasteiger partial charge in [-0.05, 0) is 55.5 Å². The van der Waals surface area contributed by atoms with Gasteiger partial charge in [0.1, 0.15) is 11.5 Å². The van der Waals surface area contributed by atoms with Crippen molar-refractivity contribution in [3.05, 3.63) is 54.1 Å². The molecule has 0 spiro atoms. The Bertz CT molecular complexity index is 710. The number of Topliss-reactive ketones (excluding diaryl/α,β-unsaturated/α-hetero) is 1. The van der Waals surface area contributed by atoms with Crippen LogP contribution in [0.3, 0.4) is 0 Å². The zero-order valence-electron chi connectivity index (χ0n) is 14.4. The van der Waals surface area contributed by atoms with Crippen molar-refractivity contribution in [3.63, 3.8) is 0 Å². The lowest BCUT2D eigenvalue weighted by Gasteiger charge is -2.12. The molecule has 0 amide bonds. The van der Waals surface area contributed by atoms with Gasteiger partial charge in [0, 0.05) is 10.5 Å². The summed E-state index contributed by atoms with van der Waals surface area (Å²) in [7, 11) is 3.16. The molecule has 0 aliphatic rings. The van der Waals surface area contributed by atoms with E-state index in [0.29, 0.717) is 11.3 Å². The maximum atomic E-state index is 12.3. The lowest BCUT2D eigenvalue weighted by molar-refractivity contribution is -0.143. The second-order valence-corrected chi connectivity index (χ2v) is 6.24. The number of thioether (sulfide) groups is 1. The van der Waals surface area contributed by atoms with Gasteiger partial charge >= 0.3 is 5.97 Å². The second-order valence-electron chi connectivity index (χ2n) is 5.19. The minimum Gasteiger partial charge on any atom is -0.497 e. The molecule has 0 heterocycles. The average molecular weight is 360 g/mol. The van der Waals surface area contributed by atoms with E-state index in [-0.39, 0.29) is 11.5 Å². The molecule has 0 saturated heterocycles. The number of ether oxygens (including phenoxy) is 3. The molecule has 132 valence electrons. The lowest BCUT2D eigenvalue weighted by atomic mass is 10.1. The van der Waals surface area contributed by atoms with Crippen molar-refractivity contribution in [1.29, 1.82) is 0 Å². The van der Waals surface area contributed by atoms with Crippen molar-refractivity contribution >= 4 is 23.5 Å². The number of esters is 1. The molecule has 0 saturated carbocycles. The Balaban J connectivity index is 1.84. The molecule has 5 nitrogen and oxygen atoms in total. The predicted octanol–water partition coefficient (Wildman–Crippen LogP) is 3.61. The van der Waals surface area contributed by atoms with Crippen LogP contribution in [0.4, 0.5) is 0 Å². The van der Waals surface area contributed by atoms with Crippen molar-refractivity contribution in [2.45, 2.75) is 17.9 Å². The number of carbonyl (C=O) groups is 2. The molecule has 2 rings (SSSR count). The topological polar surface area (TPSA) is 61.8 Å². The number of hydrogen-bond donors (Lipinski definition) is 0. The first-order valence-electron chi connectivity index (χ1n) is 7.68. The van der Waals surface area contributed by atoms with Gasteiger partial charge in [-0.2, -0.15) is 0 Å². The van der Waals surface area contributed by atoms with E-state index in [2.05, 4.69) is 0 Å². The maximum Gasteiger partial charge on any atom is 0.316 e. The Kier molecular flexibility index (Phi) is 6.89. The van der Waals surface area contributed by atoms with E-state index in [1.807, 2.05) is 24.3 Å². The molecule has 0 bridgehead atoms. The SMILES string of the molecule is COc1ccc(SCC(=O)O[C@@H](C)C(=O)c2ccc(OC)cc2)cc1. The number of hydrogen-bond acceptors (Lipinski definition) is 6. The molecule has 2 aromatic rings. The van der Waals surface area contributed by atoms with Crippen LogP contribution in [0.25, 0.3) is 0 Å². The summed E-state index contributed by atoms with van der Waals surface area (Å²) in [6.07, 6.45) is -0.836. The highest BCUT2D eigenvalue weighted by Gasteiger charge is 2.19. The van der Waals surface area contributed by atoms with Crippen molar-refractivity contribution in [2.24, 2.45) is 0 Å². The summed E-state index contributed by atoms with van der Waals surface area (Å²) in [5, 5.41) is 0. The van der Waals surface area contributed by atoms with E-state index in [1.165, 1.54) is 11.8 Å². The molecule has 0 aliphatic carbocycles. The van der Waals surface area contributed by atoms with Crippen molar-refractivity contribution in [2.75, 3.05) is 20.0 Å². The largest absolute Gasteiger partial charge is 0.497 e. The highest BCUT2D eigenvalue weighted by atomic mass is 32.2. The highest BCUT2D eigenvalue weighted by molar-refractivity contribution is 8.00. The predicted molar refractivity (Wildman–Crippen MR) is 96.6 cm³/mol. The average Bonchev–Trinajstić information content (AvgIpc) is 2.66. The summed E-state index contributed by atoms with van der Waals surface area (Å²) >= 11 is 1.34. The lowest BCUT2D eigenvalue weighted by Crippen LogP contribution is -2.25. The normalized spacial score (nSPS) is 11.5. The Hall–Kier alpha value is -2.47. The van der Waals surface area contributed by atoms with Crippen molar-refractivity contribution in [1.82, 2.24) is 0 Å². The highest BCUT2D eigenvalue weighted by Crippen LogP contribution is 2.21. The standard InChI is InChI=1S/C19H20O5S/c1-13(19(21)14-4-6-15(22-2)7-5-14)24-18(20)12-25-17-10-8-16(23-3)9-11-17/h4-11,13H,12H2,1-3H3/t13-/m0/s1. The van der Waals surface area contributed by atoms with Crippen molar-refractivity contribution < 1.29 is 23.8 Å². The van der Waals surface area contributed by atoms with Gasteiger partial charge in [0.15, 0.2) is 6.10 Å². The molecule has 0 aliphatic heterocycles. The molecule has 0 aromatic heterocycles. The van der Waals surface area contributed by atoms with Crippen LogP contribution in [0, 0.1) is 0 Å². The molecule has 1 atom stereocenters. The molecule has 0 unspecified atom stereocenters. The van der Waals surface area contributed by atoms with E-state index >= 15 is 0 Å². The molecule has 0 fully saturated rings. The molecule has 25 heavy (non-hydrogen) atoms. The third-order valence-electron chi connectivity index (χ3n) is 3.47. The van der Waals surface area contributed by atoms with Gasteiger partial charge in [0.2, 0.25) is 5.78 Å². The van der Waals surface area contributed by atoms with Gasteiger partial charge < -0.3 is 14.2 Å². The van der Waals surface area contributed by atoms with Crippen LogP contribution in [0.5, 0.6) is 11.5 Å². The fourth-order valence-corrected chi connectivity index (χ4v) is 2.77.